The second kappa shape index (κ2) is 11.2. The zero-order valence-corrected chi connectivity index (χ0v) is 17.6. The van der Waals surface area contributed by atoms with Gasteiger partial charge in [-0.2, -0.15) is 0 Å². The molecule has 1 rings (SSSR count). The predicted octanol–water partition coefficient (Wildman–Crippen LogP) is 8.48. The lowest BCUT2D eigenvalue weighted by Crippen LogP contribution is -2.34. The summed E-state index contributed by atoms with van der Waals surface area (Å²) in [5.74, 6) is 1.87. The van der Waals surface area contributed by atoms with Crippen LogP contribution in [0.3, 0.4) is 0 Å². The largest absolute Gasteiger partial charge is 0.0844 e. The molecule has 0 aliphatic heterocycles. The molecule has 1 aliphatic rings. The van der Waals surface area contributed by atoms with Gasteiger partial charge in [-0.3, -0.25) is 0 Å². The van der Waals surface area contributed by atoms with Crippen LogP contribution in [0, 0.1) is 17.3 Å². The second-order valence-electron chi connectivity index (χ2n) is 9.22. The molecule has 0 aromatic rings. The Kier molecular flexibility index (Phi) is 10.0. The standard InChI is InChI=1S/C24H44/c1-7-16-24(6)18-23(19-24)15-11-13-21(5)17-22(8-2)14-10-9-12-20(3)4/h8,17,20,23H,7,9-16,18-19H2,1-6H3. The Morgan fingerprint density at radius 2 is 1.83 bits per heavy atom. The number of rotatable bonds is 12. The summed E-state index contributed by atoms with van der Waals surface area (Å²) in [6.45, 7) is 14.0. The average Bonchev–Trinajstić information content (AvgIpc) is 2.48. The van der Waals surface area contributed by atoms with Crippen molar-refractivity contribution in [1.82, 2.24) is 0 Å². The maximum absolute atomic E-state index is 2.50. The Morgan fingerprint density at radius 3 is 2.42 bits per heavy atom. The molecule has 1 fully saturated rings. The van der Waals surface area contributed by atoms with Crippen LogP contribution < -0.4 is 0 Å². The van der Waals surface area contributed by atoms with Gasteiger partial charge >= 0.3 is 0 Å². The summed E-state index contributed by atoms with van der Waals surface area (Å²) in [5, 5.41) is 0. The lowest BCUT2D eigenvalue weighted by atomic mass is 9.60. The first kappa shape index (κ1) is 21.5. The van der Waals surface area contributed by atoms with Gasteiger partial charge in [-0.25, -0.2) is 0 Å². The van der Waals surface area contributed by atoms with Gasteiger partial charge in [0.15, 0.2) is 0 Å². The van der Waals surface area contributed by atoms with E-state index in [9.17, 15) is 0 Å². The smallest absolute Gasteiger partial charge is 0.0282 e. The van der Waals surface area contributed by atoms with Crippen LogP contribution in [-0.4, -0.2) is 0 Å². The lowest BCUT2D eigenvalue weighted by molar-refractivity contribution is 0.0576. The molecule has 0 aromatic carbocycles. The van der Waals surface area contributed by atoms with Crippen LogP contribution in [0.5, 0.6) is 0 Å². The summed E-state index contributed by atoms with van der Waals surface area (Å²) in [7, 11) is 0. The van der Waals surface area contributed by atoms with Crippen molar-refractivity contribution < 1.29 is 0 Å². The molecule has 0 unspecified atom stereocenters. The van der Waals surface area contributed by atoms with Crippen molar-refractivity contribution in [1.29, 1.82) is 0 Å². The minimum atomic E-state index is 0.693. The highest BCUT2D eigenvalue weighted by molar-refractivity contribution is 5.22. The van der Waals surface area contributed by atoms with Gasteiger partial charge in [-0.05, 0) is 76.0 Å². The van der Waals surface area contributed by atoms with Gasteiger partial charge in [0.05, 0.1) is 0 Å². The maximum Gasteiger partial charge on any atom is -0.0282 e. The summed E-state index contributed by atoms with van der Waals surface area (Å²) in [4.78, 5) is 0. The van der Waals surface area contributed by atoms with Crippen LogP contribution in [0.1, 0.15) is 112 Å². The third-order valence-corrected chi connectivity index (χ3v) is 5.90. The van der Waals surface area contributed by atoms with Crippen LogP contribution in [-0.2, 0) is 0 Å². The maximum atomic E-state index is 2.50. The summed E-state index contributed by atoms with van der Waals surface area (Å²) >= 11 is 0. The third kappa shape index (κ3) is 8.54. The normalized spacial score (nSPS) is 25.2. The molecule has 0 amide bonds. The Balaban J connectivity index is 2.19. The number of unbranched alkanes of at least 4 members (excludes halogenated alkanes) is 1. The van der Waals surface area contributed by atoms with Gasteiger partial charge in [0.25, 0.3) is 0 Å². The van der Waals surface area contributed by atoms with E-state index in [0.29, 0.717) is 5.41 Å². The number of allylic oxidation sites excluding steroid dienone is 4. The van der Waals surface area contributed by atoms with E-state index < -0.39 is 0 Å². The summed E-state index contributed by atoms with van der Waals surface area (Å²) < 4.78 is 0. The van der Waals surface area contributed by atoms with Crippen molar-refractivity contribution in [3.8, 4) is 0 Å². The van der Waals surface area contributed by atoms with Crippen molar-refractivity contribution in [3.05, 3.63) is 23.3 Å². The summed E-state index contributed by atoms with van der Waals surface area (Å²) in [5.41, 5.74) is 3.83. The molecule has 0 atom stereocenters. The molecule has 0 heterocycles. The van der Waals surface area contributed by atoms with Gasteiger partial charge in [-0.15, -0.1) is 0 Å². The summed E-state index contributed by atoms with van der Waals surface area (Å²) in [6, 6.07) is 0. The van der Waals surface area contributed by atoms with E-state index in [1.807, 2.05) is 0 Å². The molecule has 0 spiro atoms. The highest BCUT2D eigenvalue weighted by Crippen LogP contribution is 2.50. The molecule has 1 saturated carbocycles. The molecule has 0 bridgehead atoms. The molecule has 24 heavy (non-hydrogen) atoms. The Morgan fingerprint density at radius 1 is 1.12 bits per heavy atom. The van der Waals surface area contributed by atoms with Crippen LogP contribution in [0.15, 0.2) is 23.3 Å². The zero-order chi connectivity index (χ0) is 18.0. The van der Waals surface area contributed by atoms with Crippen molar-refractivity contribution >= 4 is 0 Å². The molecule has 1 aliphatic carbocycles. The van der Waals surface area contributed by atoms with Crippen molar-refractivity contribution in [2.45, 2.75) is 112 Å². The van der Waals surface area contributed by atoms with E-state index in [4.69, 9.17) is 0 Å². The fourth-order valence-electron chi connectivity index (χ4n) is 4.59. The fraction of sp³-hybridized carbons (Fsp3) is 0.833. The van der Waals surface area contributed by atoms with Gasteiger partial charge in [0, 0.05) is 0 Å². The van der Waals surface area contributed by atoms with E-state index in [-0.39, 0.29) is 0 Å². The summed E-state index contributed by atoms with van der Waals surface area (Å²) in [6.07, 6.45) is 20.0. The van der Waals surface area contributed by atoms with Crippen LogP contribution in [0.25, 0.3) is 0 Å². The van der Waals surface area contributed by atoms with Gasteiger partial charge in [-0.1, -0.05) is 76.7 Å². The zero-order valence-electron chi connectivity index (χ0n) is 17.6. The van der Waals surface area contributed by atoms with E-state index in [1.54, 1.807) is 11.1 Å². The first-order valence-electron chi connectivity index (χ1n) is 10.7. The minimum absolute atomic E-state index is 0.693. The molecule has 0 heteroatoms. The minimum Gasteiger partial charge on any atom is -0.0844 e. The molecular formula is C24H44. The van der Waals surface area contributed by atoms with Crippen molar-refractivity contribution in [3.63, 3.8) is 0 Å². The number of hydrogen-bond acceptors (Lipinski definition) is 0. The Bertz CT molecular complexity index is 390. The highest BCUT2D eigenvalue weighted by Gasteiger charge is 2.38. The van der Waals surface area contributed by atoms with E-state index in [1.165, 1.54) is 70.6 Å². The first-order chi connectivity index (χ1) is 11.4. The van der Waals surface area contributed by atoms with E-state index >= 15 is 0 Å². The third-order valence-electron chi connectivity index (χ3n) is 5.90. The monoisotopic (exact) mass is 332 g/mol. The van der Waals surface area contributed by atoms with Crippen LogP contribution >= 0.6 is 0 Å². The quantitative estimate of drug-likeness (QED) is 0.248. The van der Waals surface area contributed by atoms with Gasteiger partial charge in [0.1, 0.15) is 0 Å². The molecule has 0 N–H and O–H groups in total. The average molecular weight is 333 g/mol. The van der Waals surface area contributed by atoms with E-state index in [0.717, 1.165) is 11.8 Å². The van der Waals surface area contributed by atoms with Crippen LogP contribution in [0.4, 0.5) is 0 Å². The van der Waals surface area contributed by atoms with Gasteiger partial charge in [0.2, 0.25) is 0 Å². The SMILES string of the molecule is CC=C(C=C(C)CCCC1CC(C)(CCC)C1)CCCCC(C)C. The lowest BCUT2D eigenvalue weighted by Gasteiger charge is -2.46. The number of hydrogen-bond donors (Lipinski definition) is 0. The second-order valence-corrected chi connectivity index (χ2v) is 9.22. The van der Waals surface area contributed by atoms with Gasteiger partial charge < -0.3 is 0 Å². The molecule has 0 saturated heterocycles. The highest BCUT2D eigenvalue weighted by atomic mass is 14.4. The fourth-order valence-corrected chi connectivity index (χ4v) is 4.59. The predicted molar refractivity (Wildman–Crippen MR) is 110 cm³/mol. The van der Waals surface area contributed by atoms with Crippen molar-refractivity contribution in [2.75, 3.05) is 0 Å². The Labute approximate surface area is 153 Å². The topological polar surface area (TPSA) is 0 Å². The molecule has 0 aromatic heterocycles. The van der Waals surface area contributed by atoms with Crippen molar-refractivity contribution in [2.24, 2.45) is 17.3 Å². The molecule has 0 nitrogen and oxygen atoms in total. The molecule has 0 radical (unpaired) electrons. The first-order valence-corrected chi connectivity index (χ1v) is 10.7. The molecule has 140 valence electrons. The van der Waals surface area contributed by atoms with E-state index in [2.05, 4.69) is 53.7 Å². The molecular weight excluding hydrogens is 288 g/mol. The Hall–Kier alpha value is -0.520. The van der Waals surface area contributed by atoms with Crippen LogP contribution in [0.2, 0.25) is 0 Å².